The van der Waals surface area contributed by atoms with Crippen molar-refractivity contribution < 1.29 is 24.2 Å². The highest BCUT2D eigenvalue weighted by atomic mass is 79.9. The first-order chi connectivity index (χ1) is 15.4. The number of amides is 2. The molecule has 2 aromatic carbocycles. The van der Waals surface area contributed by atoms with E-state index in [1.807, 2.05) is 0 Å². The van der Waals surface area contributed by atoms with Crippen LogP contribution >= 0.6 is 27.3 Å². The van der Waals surface area contributed by atoms with Gasteiger partial charge in [-0.05, 0) is 51.8 Å². The van der Waals surface area contributed by atoms with Gasteiger partial charge >= 0.3 is 5.97 Å². The highest BCUT2D eigenvalue weighted by molar-refractivity contribution is 9.10. The molecule has 0 aliphatic heterocycles. The van der Waals surface area contributed by atoms with E-state index in [1.165, 1.54) is 42.7 Å². The summed E-state index contributed by atoms with van der Waals surface area (Å²) < 4.78 is 5.10. The quantitative estimate of drug-likeness (QED) is 0.327. The number of benzene rings is 2. The predicted molar refractivity (Wildman–Crippen MR) is 123 cm³/mol. The summed E-state index contributed by atoms with van der Waals surface area (Å²) in [7, 11) is 1.21. The molecule has 3 N–H and O–H groups in total. The molecule has 0 bridgehead atoms. The van der Waals surface area contributed by atoms with Crippen LogP contribution in [0.4, 0.5) is 0 Å². The number of phenolic OH excluding ortho intramolecular Hbond substituents is 1. The number of nitrogens with one attached hydrogen (secondary N) is 2. The molecule has 32 heavy (non-hydrogen) atoms. The molecule has 1 aromatic heterocycles. The maximum absolute atomic E-state index is 12.7. The average Bonchev–Trinajstić information content (AvgIpc) is 3.29. The number of hydrogen-bond donors (Lipinski definition) is 3. The summed E-state index contributed by atoms with van der Waals surface area (Å²) in [6, 6.07) is 11.1. The van der Waals surface area contributed by atoms with E-state index in [-0.39, 0.29) is 29.5 Å². The molecule has 3 rings (SSSR count). The van der Waals surface area contributed by atoms with Gasteiger partial charge in [0.05, 0.1) is 12.7 Å². The van der Waals surface area contributed by atoms with Crippen LogP contribution in [0, 0.1) is 0 Å². The number of methoxy groups -OCH3 is 1. The van der Waals surface area contributed by atoms with Crippen LogP contribution in [0.5, 0.6) is 5.75 Å². The largest absolute Gasteiger partial charge is 0.508 e. The van der Waals surface area contributed by atoms with E-state index in [9.17, 15) is 19.5 Å². The number of ether oxygens (including phenoxy) is 1. The lowest BCUT2D eigenvalue weighted by atomic mass is 10.1. The van der Waals surface area contributed by atoms with Gasteiger partial charge in [-0.15, -0.1) is 11.3 Å². The van der Waals surface area contributed by atoms with Crippen molar-refractivity contribution >= 4 is 51.1 Å². The van der Waals surface area contributed by atoms with E-state index in [4.69, 9.17) is 4.74 Å². The lowest BCUT2D eigenvalue weighted by Crippen LogP contribution is -2.28. The summed E-state index contributed by atoms with van der Waals surface area (Å²) in [5, 5.41) is 17.1. The van der Waals surface area contributed by atoms with Crippen LogP contribution in [0.1, 0.15) is 31.3 Å². The highest BCUT2D eigenvalue weighted by Gasteiger charge is 2.18. The van der Waals surface area contributed by atoms with E-state index >= 15 is 0 Å². The number of halogens is 1. The number of nitrogens with zero attached hydrogens (tertiary/aromatic N) is 1. The van der Waals surface area contributed by atoms with Crippen molar-refractivity contribution in [2.45, 2.75) is 6.54 Å². The number of phenols is 1. The second kappa shape index (κ2) is 10.7. The van der Waals surface area contributed by atoms with Crippen LogP contribution in [-0.2, 0) is 16.1 Å². The van der Waals surface area contributed by atoms with Crippen molar-refractivity contribution in [1.82, 2.24) is 15.6 Å². The van der Waals surface area contributed by atoms with Crippen LogP contribution in [0.3, 0.4) is 0 Å². The van der Waals surface area contributed by atoms with E-state index in [2.05, 4.69) is 31.5 Å². The molecule has 1 heterocycles. The second-order valence-electron chi connectivity index (χ2n) is 6.42. The highest BCUT2D eigenvalue weighted by Crippen LogP contribution is 2.20. The molecular formula is C22H18BrN3O5S. The number of thiazole rings is 1. The first-order valence-corrected chi connectivity index (χ1v) is 10.9. The standard InChI is InChI=1S/C22H18BrN3O5S/c1-31-22(30)18(11-19-24-7-8-32-19)26-21(29)16-6-5-14(10-17(16)23)20(28)25-12-13-3-2-4-15(27)9-13/h2-11,27H,12H2,1H3,(H,25,28)(H,26,29)/b18-11-. The zero-order valence-corrected chi connectivity index (χ0v) is 19.2. The summed E-state index contributed by atoms with van der Waals surface area (Å²) in [4.78, 5) is 41.3. The topological polar surface area (TPSA) is 118 Å². The van der Waals surface area contributed by atoms with Gasteiger partial charge in [0, 0.05) is 34.2 Å². The predicted octanol–water partition coefficient (Wildman–Crippen LogP) is 3.49. The van der Waals surface area contributed by atoms with Crippen molar-refractivity contribution in [2.24, 2.45) is 0 Å². The van der Waals surface area contributed by atoms with Gasteiger partial charge in [-0.2, -0.15) is 0 Å². The van der Waals surface area contributed by atoms with Crippen LogP contribution < -0.4 is 10.6 Å². The van der Waals surface area contributed by atoms with Gasteiger partial charge in [-0.1, -0.05) is 12.1 Å². The van der Waals surface area contributed by atoms with Crippen LogP contribution in [0.15, 0.2) is 64.2 Å². The summed E-state index contributed by atoms with van der Waals surface area (Å²) in [5.41, 5.74) is 1.24. The second-order valence-corrected chi connectivity index (χ2v) is 8.20. The Kier molecular flexibility index (Phi) is 7.74. The van der Waals surface area contributed by atoms with Crippen molar-refractivity contribution in [3.8, 4) is 5.75 Å². The van der Waals surface area contributed by atoms with E-state index in [0.29, 0.717) is 15.0 Å². The first kappa shape index (κ1) is 23.2. The minimum atomic E-state index is -0.715. The molecule has 0 spiro atoms. The number of aromatic nitrogens is 1. The Morgan fingerprint density at radius 1 is 1.19 bits per heavy atom. The van der Waals surface area contributed by atoms with Gasteiger partial charge < -0.3 is 20.5 Å². The molecule has 0 saturated carbocycles. The van der Waals surface area contributed by atoms with Gasteiger partial charge in [0.2, 0.25) is 0 Å². The van der Waals surface area contributed by atoms with E-state index in [1.54, 1.807) is 35.8 Å². The fourth-order valence-electron chi connectivity index (χ4n) is 2.67. The third-order valence-electron chi connectivity index (χ3n) is 4.21. The van der Waals surface area contributed by atoms with Gasteiger partial charge in [0.15, 0.2) is 0 Å². The zero-order valence-electron chi connectivity index (χ0n) is 16.8. The molecule has 8 nitrogen and oxygen atoms in total. The van der Waals surface area contributed by atoms with Gasteiger partial charge in [-0.25, -0.2) is 9.78 Å². The minimum Gasteiger partial charge on any atom is -0.508 e. The monoisotopic (exact) mass is 515 g/mol. The number of esters is 1. The lowest BCUT2D eigenvalue weighted by Gasteiger charge is -2.11. The number of carbonyl (C=O) groups excluding carboxylic acids is 3. The van der Waals surface area contributed by atoms with Crippen molar-refractivity contribution in [3.63, 3.8) is 0 Å². The molecule has 2 amide bonds. The fraction of sp³-hybridized carbons (Fsp3) is 0.0909. The normalized spacial score (nSPS) is 11.0. The van der Waals surface area contributed by atoms with Gasteiger partial charge in [0.1, 0.15) is 16.5 Å². The molecule has 0 aliphatic carbocycles. The van der Waals surface area contributed by atoms with Crippen LogP contribution in [-0.4, -0.2) is 35.0 Å². The molecule has 0 saturated heterocycles. The lowest BCUT2D eigenvalue weighted by molar-refractivity contribution is -0.136. The van der Waals surface area contributed by atoms with Gasteiger partial charge in [-0.3, -0.25) is 9.59 Å². The van der Waals surface area contributed by atoms with E-state index < -0.39 is 11.9 Å². The third-order valence-corrected chi connectivity index (χ3v) is 5.59. The van der Waals surface area contributed by atoms with Crippen LogP contribution in [0.2, 0.25) is 0 Å². The maximum atomic E-state index is 12.7. The molecule has 10 heteroatoms. The van der Waals surface area contributed by atoms with Crippen molar-refractivity contribution in [2.75, 3.05) is 7.11 Å². The molecule has 0 fully saturated rings. The number of carbonyl (C=O) groups is 3. The summed E-state index contributed by atoms with van der Waals surface area (Å²) in [5.74, 6) is -1.51. The number of aromatic hydroxyl groups is 1. The minimum absolute atomic E-state index is 0.0627. The Hall–Kier alpha value is -3.50. The Bertz CT molecular complexity index is 1180. The molecule has 0 atom stereocenters. The molecular weight excluding hydrogens is 498 g/mol. The summed E-state index contributed by atoms with van der Waals surface area (Å²) in [6.45, 7) is 0.233. The van der Waals surface area contributed by atoms with Gasteiger partial charge in [0.25, 0.3) is 11.8 Å². The van der Waals surface area contributed by atoms with Crippen molar-refractivity contribution in [3.05, 3.63) is 85.9 Å². The molecule has 0 aliphatic rings. The smallest absolute Gasteiger partial charge is 0.354 e. The zero-order chi connectivity index (χ0) is 23.1. The van der Waals surface area contributed by atoms with Crippen molar-refractivity contribution in [1.29, 1.82) is 0 Å². The number of hydrogen-bond acceptors (Lipinski definition) is 7. The SMILES string of the molecule is COC(=O)/C(=C/c1nccs1)NC(=O)c1ccc(C(=O)NCc2cccc(O)c2)cc1Br. The number of rotatable bonds is 7. The Labute approximate surface area is 196 Å². The molecule has 0 radical (unpaired) electrons. The Morgan fingerprint density at radius 3 is 2.66 bits per heavy atom. The van der Waals surface area contributed by atoms with E-state index in [0.717, 1.165) is 5.56 Å². The molecule has 3 aromatic rings. The summed E-state index contributed by atoms with van der Waals surface area (Å²) in [6.07, 6.45) is 3.00. The Balaban J connectivity index is 1.71. The van der Waals surface area contributed by atoms with Crippen LogP contribution in [0.25, 0.3) is 6.08 Å². The average molecular weight is 516 g/mol. The third kappa shape index (κ3) is 6.02. The summed E-state index contributed by atoms with van der Waals surface area (Å²) >= 11 is 4.61. The Morgan fingerprint density at radius 2 is 2.00 bits per heavy atom. The fourth-order valence-corrected chi connectivity index (χ4v) is 3.79. The molecule has 0 unspecified atom stereocenters. The maximum Gasteiger partial charge on any atom is 0.354 e. The first-order valence-electron chi connectivity index (χ1n) is 9.24. The molecule has 164 valence electrons.